The van der Waals surface area contributed by atoms with Crippen molar-refractivity contribution in [1.29, 1.82) is 10.8 Å². The molecule has 66 valence electrons. The zero-order valence-electron chi connectivity index (χ0n) is 7.00. The van der Waals surface area contributed by atoms with Crippen LogP contribution >= 0.6 is 15.9 Å². The van der Waals surface area contributed by atoms with Crippen LogP contribution < -0.4 is 0 Å². The average molecular weight is 231 g/mol. The normalized spacial score (nSPS) is 10.9. The minimum absolute atomic E-state index is 0.118. The summed E-state index contributed by atoms with van der Waals surface area (Å²) in [5, 5.41) is 14.2. The van der Waals surface area contributed by atoms with Gasteiger partial charge in [0.15, 0.2) is 0 Å². The molecule has 12 heavy (non-hydrogen) atoms. The summed E-state index contributed by atoms with van der Waals surface area (Å²) < 4.78 is 0.229. The van der Waals surface area contributed by atoms with E-state index in [2.05, 4.69) is 20.9 Å². The van der Waals surface area contributed by atoms with E-state index in [4.69, 9.17) is 10.8 Å². The van der Waals surface area contributed by atoms with Crippen molar-refractivity contribution in [1.82, 2.24) is 4.90 Å². The molecule has 0 aliphatic heterocycles. The summed E-state index contributed by atoms with van der Waals surface area (Å²) in [7, 11) is 3.65. The van der Waals surface area contributed by atoms with Crippen LogP contribution in [0.2, 0.25) is 0 Å². The van der Waals surface area contributed by atoms with Gasteiger partial charge in [0, 0.05) is 14.1 Å². The summed E-state index contributed by atoms with van der Waals surface area (Å²) in [6.45, 7) is 0. The van der Waals surface area contributed by atoms with Gasteiger partial charge in [-0.25, -0.2) is 4.99 Å². The second-order valence-corrected chi connectivity index (χ2v) is 3.13. The molecule has 0 amide bonds. The van der Waals surface area contributed by atoms with Crippen LogP contribution in [0.5, 0.6) is 0 Å². The Morgan fingerprint density at radius 1 is 1.33 bits per heavy atom. The number of aliphatic imine (C=N–C) groups is 1. The van der Waals surface area contributed by atoms with Gasteiger partial charge < -0.3 is 4.90 Å². The number of nitrogens with zero attached hydrogens (tertiary/aromatic N) is 2. The van der Waals surface area contributed by atoms with Gasteiger partial charge in [0.2, 0.25) is 0 Å². The average Bonchev–Trinajstić information content (AvgIpc) is 1.96. The maximum Gasteiger partial charge on any atom is 0.146 e. The lowest BCUT2D eigenvalue weighted by atomic mass is 10.5. The summed E-state index contributed by atoms with van der Waals surface area (Å²) in [6.07, 6.45) is 4.43. The van der Waals surface area contributed by atoms with Gasteiger partial charge in [-0.15, -0.1) is 0 Å². The molecule has 0 aromatic heterocycles. The molecule has 0 bridgehead atoms. The molecule has 0 aliphatic rings. The van der Waals surface area contributed by atoms with E-state index in [0.717, 1.165) is 0 Å². The lowest BCUT2D eigenvalue weighted by Gasteiger charge is -2.00. The van der Waals surface area contributed by atoms with E-state index in [-0.39, 0.29) is 10.5 Å². The van der Waals surface area contributed by atoms with Crippen LogP contribution in [0, 0.1) is 10.8 Å². The number of rotatable bonds is 3. The van der Waals surface area contributed by atoms with Gasteiger partial charge in [0.25, 0.3) is 0 Å². The van der Waals surface area contributed by atoms with E-state index in [1.54, 1.807) is 4.90 Å². The molecule has 2 N–H and O–H groups in total. The molecule has 0 heterocycles. The van der Waals surface area contributed by atoms with Gasteiger partial charge in [-0.05, 0) is 28.1 Å². The predicted molar refractivity (Wildman–Crippen MR) is 55.7 cm³/mol. The van der Waals surface area contributed by atoms with Crippen molar-refractivity contribution in [3.63, 3.8) is 0 Å². The Kier molecular flexibility index (Phi) is 5.19. The third-order valence-corrected chi connectivity index (χ3v) is 1.08. The van der Waals surface area contributed by atoms with Gasteiger partial charge in [-0.3, -0.25) is 10.8 Å². The Morgan fingerprint density at radius 2 is 1.92 bits per heavy atom. The number of hydrogen-bond donors (Lipinski definition) is 2. The van der Waals surface area contributed by atoms with Crippen molar-refractivity contribution >= 4 is 32.7 Å². The van der Waals surface area contributed by atoms with Crippen molar-refractivity contribution < 1.29 is 0 Å². The van der Waals surface area contributed by atoms with Crippen molar-refractivity contribution in [2.24, 2.45) is 4.99 Å². The van der Waals surface area contributed by atoms with Crippen LogP contribution in [0.15, 0.2) is 17.1 Å². The van der Waals surface area contributed by atoms with Crippen LogP contribution in [-0.4, -0.2) is 35.8 Å². The molecule has 0 aliphatic carbocycles. The Hall–Kier alpha value is -0.970. The number of allylic oxidation sites excluding steroid dienone is 1. The first-order valence-electron chi connectivity index (χ1n) is 3.23. The number of nitrogens with one attached hydrogen (secondary N) is 2. The zero-order valence-corrected chi connectivity index (χ0v) is 8.59. The Labute approximate surface area is 80.1 Å². The van der Waals surface area contributed by atoms with Crippen LogP contribution in [0.3, 0.4) is 0 Å². The largest absolute Gasteiger partial charge is 0.369 e. The Morgan fingerprint density at radius 3 is 2.33 bits per heavy atom. The number of halogens is 1. The molecule has 0 aromatic carbocycles. The second-order valence-electron chi connectivity index (χ2n) is 2.27. The van der Waals surface area contributed by atoms with E-state index in [1.165, 1.54) is 18.5 Å². The van der Waals surface area contributed by atoms with Crippen molar-refractivity contribution in [3.8, 4) is 0 Å². The smallest absolute Gasteiger partial charge is 0.146 e. The molecule has 0 saturated carbocycles. The summed E-state index contributed by atoms with van der Waals surface area (Å²) in [5.74, 6) is 0.118. The molecule has 5 heteroatoms. The molecule has 0 spiro atoms. The van der Waals surface area contributed by atoms with Crippen LogP contribution in [-0.2, 0) is 0 Å². The summed E-state index contributed by atoms with van der Waals surface area (Å²) >= 11 is 2.92. The minimum atomic E-state index is 0.118. The minimum Gasteiger partial charge on any atom is -0.369 e. The van der Waals surface area contributed by atoms with Crippen molar-refractivity contribution in [3.05, 3.63) is 12.2 Å². The first-order chi connectivity index (χ1) is 5.52. The molecular formula is C7H11BrN4. The van der Waals surface area contributed by atoms with Crippen molar-refractivity contribution in [2.45, 2.75) is 0 Å². The van der Waals surface area contributed by atoms with Gasteiger partial charge in [0.1, 0.15) is 5.84 Å². The first-order valence-corrected chi connectivity index (χ1v) is 4.03. The quantitative estimate of drug-likeness (QED) is 0.560. The molecular weight excluding hydrogens is 220 g/mol. The fourth-order valence-electron chi connectivity index (χ4n) is 0.373. The van der Waals surface area contributed by atoms with E-state index >= 15 is 0 Å². The van der Waals surface area contributed by atoms with Crippen LogP contribution in [0.1, 0.15) is 0 Å². The Bertz CT molecular complexity index is 230. The molecule has 0 fully saturated rings. The molecule has 0 aromatic rings. The maximum atomic E-state index is 7.25. The Balaban J connectivity index is 3.98. The summed E-state index contributed by atoms with van der Waals surface area (Å²) in [5.41, 5.74) is 0. The maximum absolute atomic E-state index is 7.25. The number of amidine groups is 1. The lowest BCUT2D eigenvalue weighted by molar-refractivity contribution is 0.644. The van der Waals surface area contributed by atoms with Crippen LogP contribution in [0.25, 0.3) is 0 Å². The fourth-order valence-corrected chi connectivity index (χ4v) is 0.505. The SMILES string of the molecule is CN(C)C=NC(=N)/C=C\C(=N)Br. The predicted octanol–water partition coefficient (Wildman–Crippen LogP) is 1.48. The zero-order chi connectivity index (χ0) is 9.56. The van der Waals surface area contributed by atoms with Gasteiger partial charge in [-0.1, -0.05) is 0 Å². The standard InChI is InChI=1S/C7H11BrN4/c1-12(2)5-11-7(10)4-3-6(8)9/h3-5,9-10H,1-2H3/b4-3-,9-6?,10-7?,11-5?. The molecule has 4 nitrogen and oxygen atoms in total. The van der Waals surface area contributed by atoms with Gasteiger partial charge in [0.05, 0.1) is 11.0 Å². The molecule has 0 unspecified atom stereocenters. The highest BCUT2D eigenvalue weighted by molar-refractivity contribution is 9.18. The monoisotopic (exact) mass is 230 g/mol. The van der Waals surface area contributed by atoms with E-state index in [9.17, 15) is 0 Å². The third-order valence-electron chi connectivity index (χ3n) is 0.815. The molecule has 0 rings (SSSR count). The summed E-state index contributed by atoms with van der Waals surface area (Å²) in [6, 6.07) is 0. The molecule has 0 radical (unpaired) electrons. The molecule has 0 saturated heterocycles. The lowest BCUT2D eigenvalue weighted by Crippen LogP contribution is -2.08. The first kappa shape index (κ1) is 11.0. The highest BCUT2D eigenvalue weighted by atomic mass is 79.9. The van der Waals surface area contributed by atoms with E-state index < -0.39 is 0 Å². The van der Waals surface area contributed by atoms with Gasteiger partial charge >= 0.3 is 0 Å². The number of hydrogen-bond acceptors (Lipinski definition) is 2. The van der Waals surface area contributed by atoms with E-state index in [0.29, 0.717) is 0 Å². The molecule has 0 atom stereocenters. The topological polar surface area (TPSA) is 63.3 Å². The second kappa shape index (κ2) is 5.65. The highest BCUT2D eigenvalue weighted by Crippen LogP contribution is 1.88. The van der Waals surface area contributed by atoms with Crippen LogP contribution in [0.4, 0.5) is 0 Å². The van der Waals surface area contributed by atoms with Crippen molar-refractivity contribution in [2.75, 3.05) is 14.1 Å². The fraction of sp³-hybridized carbons (Fsp3) is 0.286. The highest BCUT2D eigenvalue weighted by Gasteiger charge is 1.85. The summed E-state index contributed by atoms with van der Waals surface area (Å²) in [4.78, 5) is 5.51. The van der Waals surface area contributed by atoms with Gasteiger partial charge in [-0.2, -0.15) is 0 Å². The van der Waals surface area contributed by atoms with E-state index in [1.807, 2.05) is 14.1 Å². The third kappa shape index (κ3) is 7.14.